The van der Waals surface area contributed by atoms with Gasteiger partial charge in [0.15, 0.2) is 0 Å². The monoisotopic (exact) mass is 261 g/mol. The van der Waals surface area contributed by atoms with Crippen molar-refractivity contribution >= 4 is 34.5 Å². The standard InChI is InChI=1S/C14H12ClNO2/c1-8-4-3-5-10-7-11(6-9(2)14(17)18)13(15)16-12(8)10/h3-7H,1-2H3,(H,17,18)/b9-6+. The van der Waals surface area contributed by atoms with Crippen molar-refractivity contribution in [3.63, 3.8) is 0 Å². The Kier molecular flexibility index (Phi) is 3.34. The minimum absolute atomic E-state index is 0.228. The zero-order valence-electron chi connectivity index (χ0n) is 10.1. The molecular formula is C14H12ClNO2. The van der Waals surface area contributed by atoms with Gasteiger partial charge in [-0.05, 0) is 31.6 Å². The molecule has 0 saturated carbocycles. The van der Waals surface area contributed by atoms with E-state index in [4.69, 9.17) is 16.7 Å². The van der Waals surface area contributed by atoms with Gasteiger partial charge in [-0.1, -0.05) is 29.8 Å². The molecule has 1 aromatic heterocycles. The SMILES string of the molecule is C/C(=C\c1cc2cccc(C)c2nc1Cl)C(=O)O. The van der Waals surface area contributed by atoms with E-state index in [0.29, 0.717) is 10.7 Å². The molecule has 0 amide bonds. The van der Waals surface area contributed by atoms with E-state index in [9.17, 15) is 4.79 Å². The van der Waals surface area contributed by atoms with Crippen molar-refractivity contribution in [2.45, 2.75) is 13.8 Å². The summed E-state index contributed by atoms with van der Waals surface area (Å²) in [6.07, 6.45) is 1.53. The third-order valence-corrected chi connectivity index (χ3v) is 3.04. The molecule has 4 heteroatoms. The van der Waals surface area contributed by atoms with Crippen LogP contribution in [0.3, 0.4) is 0 Å². The third kappa shape index (κ3) is 2.36. The van der Waals surface area contributed by atoms with Crippen LogP contribution in [0, 0.1) is 6.92 Å². The Labute approximate surface area is 110 Å². The lowest BCUT2D eigenvalue weighted by Crippen LogP contribution is -1.96. The first-order valence-corrected chi connectivity index (χ1v) is 5.84. The van der Waals surface area contributed by atoms with Gasteiger partial charge in [-0.15, -0.1) is 0 Å². The Morgan fingerprint density at radius 3 is 2.83 bits per heavy atom. The first-order chi connectivity index (χ1) is 8.49. The highest BCUT2D eigenvalue weighted by Gasteiger charge is 2.07. The molecule has 3 nitrogen and oxygen atoms in total. The molecule has 1 N–H and O–H groups in total. The Balaban J connectivity index is 2.64. The molecule has 0 bridgehead atoms. The van der Waals surface area contributed by atoms with E-state index < -0.39 is 5.97 Å². The first-order valence-electron chi connectivity index (χ1n) is 5.46. The van der Waals surface area contributed by atoms with E-state index >= 15 is 0 Å². The number of fused-ring (bicyclic) bond motifs is 1. The molecule has 18 heavy (non-hydrogen) atoms. The van der Waals surface area contributed by atoms with E-state index in [1.807, 2.05) is 31.2 Å². The number of rotatable bonds is 2. The zero-order valence-corrected chi connectivity index (χ0v) is 10.8. The fourth-order valence-corrected chi connectivity index (χ4v) is 1.93. The van der Waals surface area contributed by atoms with Crippen molar-refractivity contribution in [1.82, 2.24) is 4.98 Å². The number of hydrogen-bond donors (Lipinski definition) is 1. The summed E-state index contributed by atoms with van der Waals surface area (Å²) in [5, 5.41) is 10.1. The Morgan fingerprint density at radius 1 is 1.44 bits per heavy atom. The normalized spacial score (nSPS) is 11.8. The van der Waals surface area contributed by atoms with Crippen molar-refractivity contribution in [2.24, 2.45) is 0 Å². The maximum atomic E-state index is 10.8. The second kappa shape index (κ2) is 4.78. The van der Waals surface area contributed by atoms with Crippen molar-refractivity contribution in [3.05, 3.63) is 46.1 Å². The number of benzene rings is 1. The summed E-state index contributed by atoms with van der Waals surface area (Å²) in [5.41, 5.74) is 2.73. The van der Waals surface area contributed by atoms with Crippen molar-refractivity contribution in [2.75, 3.05) is 0 Å². The number of aromatic nitrogens is 1. The smallest absolute Gasteiger partial charge is 0.331 e. The average molecular weight is 262 g/mol. The minimum Gasteiger partial charge on any atom is -0.478 e. The third-order valence-electron chi connectivity index (χ3n) is 2.74. The fourth-order valence-electron chi connectivity index (χ4n) is 1.74. The van der Waals surface area contributed by atoms with Gasteiger partial charge in [-0.2, -0.15) is 0 Å². The van der Waals surface area contributed by atoms with Gasteiger partial charge in [0.05, 0.1) is 5.52 Å². The van der Waals surface area contributed by atoms with Crippen molar-refractivity contribution in [3.8, 4) is 0 Å². The lowest BCUT2D eigenvalue weighted by Gasteiger charge is -2.05. The van der Waals surface area contributed by atoms with E-state index in [-0.39, 0.29) is 5.57 Å². The molecule has 0 saturated heterocycles. The summed E-state index contributed by atoms with van der Waals surface area (Å²) in [5.74, 6) is -0.963. The topological polar surface area (TPSA) is 50.2 Å². The second-order valence-electron chi connectivity index (χ2n) is 4.15. The molecule has 1 aromatic carbocycles. The molecule has 0 aliphatic carbocycles. The largest absolute Gasteiger partial charge is 0.478 e. The molecule has 0 aliphatic heterocycles. The molecular weight excluding hydrogens is 250 g/mol. The highest BCUT2D eigenvalue weighted by molar-refractivity contribution is 6.31. The van der Waals surface area contributed by atoms with Crippen molar-refractivity contribution < 1.29 is 9.90 Å². The summed E-state index contributed by atoms with van der Waals surface area (Å²) in [4.78, 5) is 15.1. The van der Waals surface area contributed by atoms with Gasteiger partial charge in [-0.25, -0.2) is 9.78 Å². The van der Waals surface area contributed by atoms with Crippen LogP contribution >= 0.6 is 11.6 Å². The molecule has 0 fully saturated rings. The maximum Gasteiger partial charge on any atom is 0.331 e. The van der Waals surface area contributed by atoms with Crippen LogP contribution in [0.2, 0.25) is 5.15 Å². The van der Waals surface area contributed by atoms with Gasteiger partial charge < -0.3 is 5.11 Å². The molecule has 2 rings (SSSR count). The first kappa shape index (κ1) is 12.6. The molecule has 92 valence electrons. The van der Waals surface area contributed by atoms with Gasteiger partial charge in [-0.3, -0.25) is 0 Å². The van der Waals surface area contributed by atoms with E-state index in [1.165, 1.54) is 13.0 Å². The Morgan fingerprint density at radius 2 is 2.17 bits per heavy atom. The maximum absolute atomic E-state index is 10.8. The van der Waals surface area contributed by atoms with Crippen LogP contribution in [-0.4, -0.2) is 16.1 Å². The number of carboxylic acid groups (broad SMARTS) is 1. The number of carboxylic acids is 1. The fraction of sp³-hybridized carbons (Fsp3) is 0.143. The number of pyridine rings is 1. The average Bonchev–Trinajstić information content (AvgIpc) is 2.31. The number of aryl methyl sites for hydroxylation is 1. The minimum atomic E-state index is -0.963. The molecule has 0 atom stereocenters. The molecule has 0 aliphatic rings. The molecule has 0 radical (unpaired) electrons. The summed E-state index contributed by atoms with van der Waals surface area (Å²) in [7, 11) is 0. The van der Waals surface area contributed by atoms with Crippen LogP contribution in [0.1, 0.15) is 18.1 Å². The van der Waals surface area contributed by atoms with Crippen LogP contribution in [0.5, 0.6) is 0 Å². The van der Waals surface area contributed by atoms with Gasteiger partial charge in [0.25, 0.3) is 0 Å². The van der Waals surface area contributed by atoms with Crippen LogP contribution in [-0.2, 0) is 4.79 Å². The molecule has 0 spiro atoms. The number of carbonyl (C=O) groups is 1. The summed E-state index contributed by atoms with van der Waals surface area (Å²) in [6.45, 7) is 3.49. The van der Waals surface area contributed by atoms with Gasteiger partial charge in [0, 0.05) is 16.5 Å². The summed E-state index contributed by atoms with van der Waals surface area (Å²) in [6, 6.07) is 7.68. The lowest BCUT2D eigenvalue weighted by atomic mass is 10.1. The van der Waals surface area contributed by atoms with Gasteiger partial charge in [0.1, 0.15) is 5.15 Å². The van der Waals surface area contributed by atoms with Gasteiger partial charge in [0.2, 0.25) is 0 Å². The van der Waals surface area contributed by atoms with Crippen LogP contribution in [0.25, 0.3) is 17.0 Å². The number of nitrogens with zero attached hydrogens (tertiary/aromatic N) is 1. The number of halogens is 1. The Bertz CT molecular complexity index is 662. The van der Waals surface area contributed by atoms with E-state index in [2.05, 4.69) is 4.98 Å². The van der Waals surface area contributed by atoms with Gasteiger partial charge >= 0.3 is 5.97 Å². The second-order valence-corrected chi connectivity index (χ2v) is 4.51. The zero-order chi connectivity index (χ0) is 13.3. The van der Waals surface area contributed by atoms with E-state index in [0.717, 1.165) is 16.5 Å². The Hall–Kier alpha value is -1.87. The number of para-hydroxylation sites is 1. The molecule has 2 aromatic rings. The molecule has 1 heterocycles. The highest BCUT2D eigenvalue weighted by Crippen LogP contribution is 2.24. The van der Waals surface area contributed by atoms with E-state index in [1.54, 1.807) is 0 Å². The highest BCUT2D eigenvalue weighted by atomic mass is 35.5. The summed E-state index contributed by atoms with van der Waals surface area (Å²) < 4.78 is 0. The summed E-state index contributed by atoms with van der Waals surface area (Å²) >= 11 is 6.08. The quantitative estimate of drug-likeness (QED) is 0.663. The predicted octanol–water partition coefficient (Wildman–Crippen LogP) is 3.68. The number of hydrogen-bond acceptors (Lipinski definition) is 2. The predicted molar refractivity (Wildman–Crippen MR) is 72.8 cm³/mol. The van der Waals surface area contributed by atoms with Crippen LogP contribution in [0.15, 0.2) is 29.8 Å². The van der Waals surface area contributed by atoms with Crippen LogP contribution in [0.4, 0.5) is 0 Å². The van der Waals surface area contributed by atoms with Crippen LogP contribution < -0.4 is 0 Å². The molecule has 0 unspecified atom stereocenters. The number of aliphatic carboxylic acids is 1. The lowest BCUT2D eigenvalue weighted by molar-refractivity contribution is -0.132. The van der Waals surface area contributed by atoms with Crippen molar-refractivity contribution in [1.29, 1.82) is 0 Å².